The molecule has 0 N–H and O–H groups in total. The number of carbonyl (C=O) groups is 1. The molecule has 0 fully saturated rings. The fourth-order valence-electron chi connectivity index (χ4n) is 3.84. The van der Waals surface area contributed by atoms with Gasteiger partial charge in [0.1, 0.15) is 0 Å². The highest BCUT2D eigenvalue weighted by Gasteiger charge is 2.24. The number of benzene rings is 2. The van der Waals surface area contributed by atoms with E-state index in [0.717, 1.165) is 25.6 Å². The fraction of sp³-hybridized carbons (Fsp3) is 0.360. The topological polar surface area (TPSA) is 129 Å². The van der Waals surface area contributed by atoms with Crippen molar-refractivity contribution in [1.82, 2.24) is 8.87 Å². The molecule has 0 aliphatic rings. The highest BCUT2D eigenvalue weighted by Crippen LogP contribution is 2.23. The van der Waals surface area contributed by atoms with Crippen molar-refractivity contribution < 1.29 is 17.9 Å². The summed E-state index contributed by atoms with van der Waals surface area (Å²) in [5, 5.41) is 17.7. The number of nitrogens with zero attached hydrogens (tertiary/aromatic N) is 5. The van der Waals surface area contributed by atoms with Crippen LogP contribution in [-0.4, -0.2) is 50.0 Å². The van der Waals surface area contributed by atoms with Crippen LogP contribution in [0.15, 0.2) is 46.3 Å². The number of ether oxygens (including phenoxy) is 1. The number of nitriles is 2. The number of methoxy groups -OCH3 is 1. The van der Waals surface area contributed by atoms with Gasteiger partial charge in [-0.05, 0) is 55.3 Å². The van der Waals surface area contributed by atoms with Gasteiger partial charge < -0.3 is 9.30 Å². The Morgan fingerprint density at radius 2 is 1.75 bits per heavy atom. The molecule has 0 aliphatic carbocycles. The van der Waals surface area contributed by atoms with Gasteiger partial charge >= 0.3 is 0 Å². The summed E-state index contributed by atoms with van der Waals surface area (Å²) in [6.07, 6.45) is 0.0225. The molecular weight excluding hydrogens is 498 g/mol. The predicted octanol–water partition coefficient (Wildman–Crippen LogP) is 3.53. The van der Waals surface area contributed by atoms with Crippen LogP contribution in [0.2, 0.25) is 0 Å². The van der Waals surface area contributed by atoms with E-state index in [9.17, 15) is 13.2 Å². The summed E-state index contributed by atoms with van der Waals surface area (Å²) in [4.78, 5) is 17.9. The largest absolute Gasteiger partial charge is 0.383 e. The fourth-order valence-corrected chi connectivity index (χ4v) is 6.51. The molecule has 0 aliphatic heterocycles. The maximum Gasteiger partial charge on any atom is 0.279 e. The Balaban J connectivity index is 1.96. The molecule has 0 atom stereocenters. The molecule has 0 radical (unpaired) electrons. The van der Waals surface area contributed by atoms with Crippen LogP contribution < -0.4 is 4.80 Å². The summed E-state index contributed by atoms with van der Waals surface area (Å²) in [7, 11) is -2.30. The van der Waals surface area contributed by atoms with Crippen LogP contribution in [0.4, 0.5) is 0 Å². The molecule has 36 heavy (non-hydrogen) atoms. The number of rotatable bonds is 10. The van der Waals surface area contributed by atoms with E-state index in [1.54, 1.807) is 7.11 Å². The molecule has 0 unspecified atom stereocenters. The first-order valence-corrected chi connectivity index (χ1v) is 13.5. The quantitative estimate of drug-likeness (QED) is 0.398. The minimum atomic E-state index is -3.92. The van der Waals surface area contributed by atoms with Crippen molar-refractivity contribution >= 4 is 37.5 Å². The second-order valence-corrected chi connectivity index (χ2v) is 11.1. The Morgan fingerprint density at radius 1 is 1.11 bits per heavy atom. The van der Waals surface area contributed by atoms with E-state index >= 15 is 0 Å². The van der Waals surface area contributed by atoms with Gasteiger partial charge in [0.2, 0.25) is 10.0 Å². The standard InChI is InChI=1S/C25H27N5O4S2/c1-18-16-19(2)23-22(17-18)35-25(30(23)14-15-34-3)28-24(31)20-6-8-21(9-7-20)36(32,33)29(12-4-10-26)13-5-11-27/h6-9,16-17H,4-5,12-15H2,1-3H3. The van der Waals surface area contributed by atoms with Gasteiger partial charge in [-0.15, -0.1) is 0 Å². The third-order valence-electron chi connectivity index (χ3n) is 5.51. The Kier molecular flexibility index (Phi) is 9.13. The molecule has 0 spiro atoms. The molecule has 0 bridgehead atoms. The zero-order chi connectivity index (χ0) is 26.3. The average molecular weight is 526 g/mol. The second-order valence-electron chi connectivity index (χ2n) is 8.12. The second kappa shape index (κ2) is 12.1. The molecule has 0 saturated heterocycles. The number of aryl methyl sites for hydroxylation is 2. The van der Waals surface area contributed by atoms with Gasteiger partial charge in [-0.1, -0.05) is 17.4 Å². The summed E-state index contributed by atoms with van der Waals surface area (Å²) >= 11 is 1.42. The van der Waals surface area contributed by atoms with Gasteiger partial charge in [-0.2, -0.15) is 19.8 Å². The number of sulfonamides is 1. The molecule has 1 aromatic heterocycles. The molecule has 0 saturated carbocycles. The number of fused-ring (bicyclic) bond motifs is 1. The van der Waals surface area contributed by atoms with Crippen LogP contribution in [0.1, 0.15) is 34.3 Å². The van der Waals surface area contributed by atoms with Crippen molar-refractivity contribution in [3.8, 4) is 12.1 Å². The molecule has 188 valence electrons. The summed E-state index contributed by atoms with van der Waals surface area (Å²) < 4.78 is 35.4. The Morgan fingerprint density at radius 3 is 2.33 bits per heavy atom. The van der Waals surface area contributed by atoms with Crippen molar-refractivity contribution in [1.29, 1.82) is 10.5 Å². The molecule has 2 aromatic carbocycles. The van der Waals surface area contributed by atoms with Gasteiger partial charge in [0.25, 0.3) is 5.91 Å². The normalized spacial score (nSPS) is 12.1. The minimum absolute atomic E-state index is 0.0111. The van der Waals surface area contributed by atoms with Gasteiger partial charge in [-0.25, -0.2) is 8.42 Å². The molecule has 11 heteroatoms. The lowest BCUT2D eigenvalue weighted by molar-refractivity contribution is 0.0997. The third kappa shape index (κ3) is 6.07. The summed E-state index contributed by atoms with van der Waals surface area (Å²) in [5.74, 6) is -0.489. The van der Waals surface area contributed by atoms with E-state index in [4.69, 9.17) is 15.3 Å². The SMILES string of the molecule is COCCn1c(=NC(=O)c2ccc(S(=O)(=O)N(CCC#N)CCC#N)cc2)sc2cc(C)cc(C)c21. The van der Waals surface area contributed by atoms with Crippen molar-refractivity contribution in [2.45, 2.75) is 38.1 Å². The highest BCUT2D eigenvalue weighted by atomic mass is 32.2. The van der Waals surface area contributed by atoms with Gasteiger partial charge in [0.05, 0.1) is 33.9 Å². The number of carbonyl (C=O) groups excluding carboxylic acids is 1. The van der Waals surface area contributed by atoms with E-state index in [-0.39, 0.29) is 36.4 Å². The first-order valence-electron chi connectivity index (χ1n) is 11.3. The number of aromatic nitrogens is 1. The van der Waals surface area contributed by atoms with Crippen LogP contribution in [0.25, 0.3) is 10.2 Å². The number of thiazole rings is 1. The predicted molar refractivity (Wildman–Crippen MR) is 137 cm³/mol. The molecular formula is C25H27N5O4S2. The van der Waals surface area contributed by atoms with Gasteiger partial charge in [0, 0.05) is 45.1 Å². The van der Waals surface area contributed by atoms with Gasteiger partial charge in [-0.3, -0.25) is 4.79 Å². The Hall–Kier alpha value is -3.35. The monoisotopic (exact) mass is 525 g/mol. The lowest BCUT2D eigenvalue weighted by atomic mass is 10.1. The van der Waals surface area contributed by atoms with Crippen LogP contribution in [-0.2, 0) is 21.3 Å². The summed E-state index contributed by atoms with van der Waals surface area (Å²) in [6, 6.07) is 13.5. The molecule has 1 heterocycles. The zero-order valence-corrected chi connectivity index (χ0v) is 22.0. The maximum absolute atomic E-state index is 13.0. The lowest BCUT2D eigenvalue weighted by Crippen LogP contribution is -2.32. The van der Waals surface area contributed by atoms with Crippen LogP contribution in [0, 0.1) is 36.5 Å². The average Bonchev–Trinajstić information content (AvgIpc) is 3.19. The first kappa shape index (κ1) is 27.2. The van der Waals surface area contributed by atoms with Crippen molar-refractivity contribution in [3.05, 3.63) is 57.9 Å². The van der Waals surface area contributed by atoms with Crippen molar-refractivity contribution in [2.75, 3.05) is 26.8 Å². The van der Waals surface area contributed by atoms with Crippen LogP contribution >= 0.6 is 11.3 Å². The lowest BCUT2D eigenvalue weighted by Gasteiger charge is -2.20. The number of amides is 1. The van der Waals surface area contributed by atoms with Gasteiger partial charge in [0.15, 0.2) is 4.80 Å². The molecule has 3 rings (SSSR count). The zero-order valence-electron chi connectivity index (χ0n) is 20.4. The number of hydrogen-bond donors (Lipinski definition) is 0. The highest BCUT2D eigenvalue weighted by molar-refractivity contribution is 7.89. The van der Waals surface area contributed by atoms with E-state index in [0.29, 0.717) is 18.0 Å². The van der Waals surface area contributed by atoms with E-state index in [1.165, 1.54) is 35.6 Å². The maximum atomic E-state index is 13.0. The van der Waals surface area contributed by atoms with Crippen LogP contribution in [0.3, 0.4) is 0 Å². The minimum Gasteiger partial charge on any atom is -0.383 e. The van der Waals surface area contributed by atoms with E-state index in [2.05, 4.69) is 17.1 Å². The summed E-state index contributed by atoms with van der Waals surface area (Å²) in [5.41, 5.74) is 3.45. The summed E-state index contributed by atoms with van der Waals surface area (Å²) in [6.45, 7) is 5.01. The first-order chi connectivity index (χ1) is 17.2. The number of hydrogen-bond acceptors (Lipinski definition) is 7. The van der Waals surface area contributed by atoms with E-state index < -0.39 is 15.9 Å². The molecule has 3 aromatic rings. The smallest absolute Gasteiger partial charge is 0.279 e. The van der Waals surface area contributed by atoms with Crippen molar-refractivity contribution in [2.24, 2.45) is 4.99 Å². The Labute approximate surface area is 214 Å². The molecule has 9 nitrogen and oxygen atoms in total. The molecule has 1 amide bonds. The van der Waals surface area contributed by atoms with Crippen molar-refractivity contribution in [3.63, 3.8) is 0 Å². The third-order valence-corrected chi connectivity index (χ3v) is 8.45. The van der Waals surface area contributed by atoms with Crippen LogP contribution in [0.5, 0.6) is 0 Å². The van der Waals surface area contributed by atoms with E-state index in [1.807, 2.05) is 30.6 Å². The Bertz CT molecular complexity index is 1490.